The molecule has 8 aromatic carbocycles. The number of carbonyl (C=O) groups is 1. The molecule has 378 valence electrons. The van der Waals surface area contributed by atoms with Gasteiger partial charge in [0.2, 0.25) is 17.2 Å². The minimum Gasteiger partial charge on any atom is -0.871 e. The largest absolute Gasteiger partial charge is 0.871 e. The van der Waals surface area contributed by atoms with Crippen LogP contribution < -0.4 is 5.11 Å². The van der Waals surface area contributed by atoms with Gasteiger partial charge in [-0.1, -0.05) is 241 Å². The average Bonchev–Trinajstić information content (AvgIpc) is 4.12. The van der Waals surface area contributed by atoms with E-state index in [1.54, 1.807) is 0 Å². The Hall–Kier alpha value is -8.08. The normalized spacial score (nSPS) is 14.8. The molecule has 0 radical (unpaired) electrons. The first-order valence-corrected chi connectivity index (χ1v) is 28.1. The molecule has 0 N–H and O–H groups in total. The van der Waals surface area contributed by atoms with Gasteiger partial charge in [0.25, 0.3) is 0 Å². The second-order valence-electron chi connectivity index (χ2n) is 20.7. The summed E-state index contributed by atoms with van der Waals surface area (Å²) in [5.41, 5.74) is 11.2. The van der Waals surface area contributed by atoms with Gasteiger partial charge in [-0.05, 0) is 114 Å². The lowest BCUT2D eigenvalue weighted by Gasteiger charge is -2.31. The van der Waals surface area contributed by atoms with E-state index in [1.165, 1.54) is 117 Å². The number of hydrogen-bond donors (Lipinski definition) is 0. The Morgan fingerprint density at radius 3 is 1.36 bits per heavy atom. The number of ketones is 1. The minimum atomic E-state index is -0.164. The predicted octanol–water partition coefficient (Wildman–Crippen LogP) is 18.0. The third-order valence-corrected chi connectivity index (χ3v) is 15.8. The van der Waals surface area contributed by atoms with Crippen LogP contribution in [0, 0.1) is 0 Å². The van der Waals surface area contributed by atoms with E-state index in [0.29, 0.717) is 22.5 Å². The molecule has 1 aliphatic heterocycles. The highest BCUT2D eigenvalue weighted by molar-refractivity contribution is 6.39. The summed E-state index contributed by atoms with van der Waals surface area (Å²) in [6, 6.07) is 60.3. The zero-order chi connectivity index (χ0) is 51.8. The summed E-state index contributed by atoms with van der Waals surface area (Å²) in [5, 5.41) is 24.4. The van der Waals surface area contributed by atoms with Crippen LogP contribution in [0.5, 0.6) is 0 Å². The van der Waals surface area contributed by atoms with Gasteiger partial charge in [-0.3, -0.25) is 4.79 Å². The highest BCUT2D eigenvalue weighted by Gasteiger charge is 2.38. The van der Waals surface area contributed by atoms with Gasteiger partial charge >= 0.3 is 0 Å². The molecular weight excluding hydrogens is 925 g/mol. The molecule has 1 aliphatic carbocycles. The van der Waals surface area contributed by atoms with E-state index in [-0.39, 0.29) is 11.5 Å². The monoisotopic (exact) mass is 993 g/mol. The average molecular weight is 993 g/mol. The van der Waals surface area contributed by atoms with E-state index >= 15 is 0 Å². The maximum absolute atomic E-state index is 14.9. The summed E-state index contributed by atoms with van der Waals surface area (Å²) in [7, 11) is 0. The van der Waals surface area contributed by atoms with Crippen molar-refractivity contribution < 1.29 is 14.5 Å². The summed E-state index contributed by atoms with van der Waals surface area (Å²) >= 11 is 0. The molecule has 4 nitrogen and oxygen atoms in total. The van der Waals surface area contributed by atoms with E-state index in [1.807, 2.05) is 12.1 Å². The van der Waals surface area contributed by atoms with Crippen molar-refractivity contribution in [1.82, 2.24) is 4.57 Å². The van der Waals surface area contributed by atoms with Crippen LogP contribution in [0.15, 0.2) is 205 Å². The number of fused-ring (bicyclic) bond motifs is 4. The van der Waals surface area contributed by atoms with E-state index in [2.05, 4.69) is 217 Å². The van der Waals surface area contributed by atoms with Crippen LogP contribution in [0.3, 0.4) is 0 Å². The van der Waals surface area contributed by atoms with Gasteiger partial charge in [-0.25, -0.2) is 0 Å². The number of aromatic nitrogens is 1. The fraction of sp³-hybridized carbons (Fsp3) is 0.222. The van der Waals surface area contributed by atoms with Gasteiger partial charge < -0.3 is 9.67 Å². The third kappa shape index (κ3) is 9.85. The second-order valence-corrected chi connectivity index (χ2v) is 20.7. The SMILES string of the molecule is CCCCCCCCn1c(/C=C/c2c3ccccc3c(-c3ccccc3)c3ccccc23)ccc1C1=C([O-])C(=C2C=CC(/C=C/c3c4ccccc4c(-c4ccccc4)c4ccccc34)=[N+]2CCCCCCCC)C1=O. The predicted molar refractivity (Wildman–Crippen MR) is 321 cm³/mol. The molecule has 76 heavy (non-hydrogen) atoms. The van der Waals surface area contributed by atoms with Gasteiger partial charge in [0.05, 0.1) is 11.3 Å². The Balaban J connectivity index is 0.982. The van der Waals surface area contributed by atoms with Gasteiger partial charge in [0.15, 0.2) is 0 Å². The Bertz CT molecular complexity index is 3690. The molecule has 0 spiro atoms. The van der Waals surface area contributed by atoms with E-state index in [9.17, 15) is 9.90 Å². The van der Waals surface area contributed by atoms with Crippen LogP contribution in [0.25, 0.3) is 89.1 Å². The molecule has 2 aliphatic rings. The maximum Gasteiger partial charge on any atom is 0.216 e. The van der Waals surface area contributed by atoms with Crippen molar-refractivity contribution in [3.05, 3.63) is 228 Å². The van der Waals surface area contributed by atoms with Crippen LogP contribution in [0.2, 0.25) is 0 Å². The molecule has 0 atom stereocenters. The first-order chi connectivity index (χ1) is 37.6. The fourth-order valence-corrected chi connectivity index (χ4v) is 12.0. The Morgan fingerprint density at radius 2 is 0.868 bits per heavy atom. The molecule has 0 saturated carbocycles. The lowest BCUT2D eigenvalue weighted by molar-refractivity contribution is -0.469. The standard InChI is InChI=1S/C72H68N2O2/c1-3-5-7-9-11-27-49-73-53(41-45-59-55-33-19-23-37-61(55)67(51-29-15-13-16-30-51)62-38-24-20-34-56(59)62)43-47-65(73)69-71(75)70(72(69)76)66-48-44-54(74(66)50-28-12-10-8-6-4-2)42-46-60-57-35-21-25-39-63(57)68(52-31-17-14-18-32-52)64-40-26-22-36-58(60)64/h13-26,29-48H,3-12,27-28,49-50H2,1-2H3/b45-41+,46-42+. The molecule has 1 aromatic heterocycles. The first-order valence-electron chi connectivity index (χ1n) is 28.1. The fourth-order valence-electron chi connectivity index (χ4n) is 12.0. The Morgan fingerprint density at radius 1 is 0.434 bits per heavy atom. The molecule has 0 amide bonds. The van der Waals surface area contributed by atoms with Crippen molar-refractivity contribution in [3.8, 4) is 22.3 Å². The third-order valence-electron chi connectivity index (χ3n) is 15.8. The lowest BCUT2D eigenvalue weighted by Crippen LogP contribution is -2.33. The van der Waals surface area contributed by atoms with Crippen molar-refractivity contribution in [3.63, 3.8) is 0 Å². The van der Waals surface area contributed by atoms with Crippen molar-refractivity contribution in [1.29, 1.82) is 0 Å². The molecule has 0 fully saturated rings. The van der Waals surface area contributed by atoms with Crippen LogP contribution in [0.1, 0.15) is 113 Å². The second kappa shape index (κ2) is 23.2. The summed E-state index contributed by atoms with van der Waals surface area (Å²) in [6.07, 6.45) is 26.8. The molecular formula is C72H68N2O2. The summed E-state index contributed by atoms with van der Waals surface area (Å²) < 4.78 is 4.48. The number of hydrogen-bond acceptors (Lipinski definition) is 2. The van der Waals surface area contributed by atoms with Crippen LogP contribution >= 0.6 is 0 Å². The smallest absolute Gasteiger partial charge is 0.216 e. The van der Waals surface area contributed by atoms with Crippen LogP contribution in [-0.4, -0.2) is 27.2 Å². The lowest BCUT2D eigenvalue weighted by atomic mass is 9.84. The zero-order valence-electron chi connectivity index (χ0n) is 44.2. The van der Waals surface area contributed by atoms with E-state index in [4.69, 9.17) is 0 Å². The highest BCUT2D eigenvalue weighted by atomic mass is 16.3. The maximum atomic E-state index is 14.9. The van der Waals surface area contributed by atoms with E-state index in [0.717, 1.165) is 61.3 Å². The molecule has 0 bridgehead atoms. The number of benzene rings is 8. The number of allylic oxidation sites excluding steroid dienone is 5. The number of rotatable bonds is 21. The van der Waals surface area contributed by atoms with Gasteiger partial charge in [-0.2, -0.15) is 4.58 Å². The van der Waals surface area contributed by atoms with Crippen molar-refractivity contribution >= 4 is 78.4 Å². The molecule has 0 saturated heterocycles. The van der Waals surface area contributed by atoms with Gasteiger partial charge in [0, 0.05) is 42.5 Å². The Labute approximate surface area is 449 Å². The van der Waals surface area contributed by atoms with Crippen molar-refractivity contribution in [2.75, 3.05) is 6.54 Å². The first kappa shape index (κ1) is 50.1. The summed E-state index contributed by atoms with van der Waals surface area (Å²) in [6.45, 7) is 5.95. The topological polar surface area (TPSA) is 48.1 Å². The van der Waals surface area contributed by atoms with Gasteiger partial charge in [0.1, 0.15) is 6.54 Å². The number of carbonyl (C=O) groups excluding carboxylic acids is 1. The quantitative estimate of drug-likeness (QED) is 0.0312. The van der Waals surface area contributed by atoms with Gasteiger partial charge in [-0.15, -0.1) is 0 Å². The zero-order valence-corrected chi connectivity index (χ0v) is 44.2. The summed E-state index contributed by atoms with van der Waals surface area (Å²) in [4.78, 5) is 14.9. The van der Waals surface area contributed by atoms with E-state index < -0.39 is 0 Å². The summed E-state index contributed by atoms with van der Waals surface area (Å²) in [5.74, 6) is -0.328. The van der Waals surface area contributed by atoms with Crippen LogP contribution in [0.4, 0.5) is 0 Å². The van der Waals surface area contributed by atoms with Crippen molar-refractivity contribution in [2.45, 2.75) is 97.4 Å². The Kier molecular flexibility index (Phi) is 15.3. The molecule has 0 unspecified atom stereocenters. The molecule has 9 aromatic rings. The number of Topliss-reactive ketones (excluding diaryl/α,β-unsaturated/α-hetero) is 1. The molecule has 11 rings (SSSR count). The van der Waals surface area contributed by atoms with Crippen molar-refractivity contribution in [2.24, 2.45) is 0 Å². The molecule has 4 heteroatoms. The van der Waals surface area contributed by atoms with Crippen LogP contribution in [-0.2, 0) is 11.3 Å². The number of unbranched alkanes of at least 4 members (excludes halogenated alkanes) is 10. The minimum absolute atomic E-state index is 0.164. The highest BCUT2D eigenvalue weighted by Crippen LogP contribution is 2.43. The molecule has 2 heterocycles. The number of nitrogens with zero attached hydrogens (tertiary/aromatic N) is 2.